The third kappa shape index (κ3) is 3.32. The molecule has 29 heavy (non-hydrogen) atoms. The Labute approximate surface area is 181 Å². The van der Waals surface area contributed by atoms with E-state index < -0.39 is 0 Å². The van der Waals surface area contributed by atoms with Gasteiger partial charge in [-0.2, -0.15) is 12.6 Å². The van der Waals surface area contributed by atoms with Gasteiger partial charge in [-0.1, -0.05) is 50.2 Å². The predicted molar refractivity (Wildman–Crippen MR) is 124 cm³/mol. The van der Waals surface area contributed by atoms with Crippen molar-refractivity contribution in [3.8, 4) is 5.75 Å². The number of thiol groups is 1. The Morgan fingerprint density at radius 2 is 1.90 bits per heavy atom. The first-order valence-electron chi connectivity index (χ1n) is 11.6. The maximum atomic E-state index is 6.31. The molecule has 2 aromatic carbocycles. The van der Waals surface area contributed by atoms with Crippen molar-refractivity contribution in [3.05, 3.63) is 64.7 Å². The lowest BCUT2D eigenvalue weighted by Gasteiger charge is -2.50. The zero-order chi connectivity index (χ0) is 20.0. The molecule has 0 saturated heterocycles. The second-order valence-electron chi connectivity index (χ2n) is 9.84. The maximum absolute atomic E-state index is 6.31. The predicted octanol–water partition coefficient (Wildman–Crippen LogP) is 6.98. The molecule has 5 atom stereocenters. The van der Waals surface area contributed by atoms with Crippen LogP contribution in [-0.4, -0.2) is 5.25 Å². The monoisotopic (exact) mass is 406 g/mol. The highest BCUT2D eigenvalue weighted by Gasteiger charge is 2.53. The molecule has 2 aromatic rings. The molecule has 0 amide bonds. The number of rotatable bonds is 4. The molecule has 5 rings (SSSR count). The van der Waals surface area contributed by atoms with Crippen molar-refractivity contribution in [2.75, 3.05) is 0 Å². The number of aryl methyl sites for hydroxylation is 2. The van der Waals surface area contributed by atoms with Gasteiger partial charge in [-0.05, 0) is 96.4 Å². The lowest BCUT2D eigenvalue weighted by molar-refractivity contribution is 0.0633. The number of hydrogen-bond acceptors (Lipinski definition) is 2. The maximum Gasteiger partial charge on any atom is 0.123 e. The van der Waals surface area contributed by atoms with Gasteiger partial charge in [0.05, 0.1) is 0 Å². The van der Waals surface area contributed by atoms with Crippen molar-refractivity contribution < 1.29 is 4.74 Å². The van der Waals surface area contributed by atoms with Crippen molar-refractivity contribution in [1.82, 2.24) is 0 Å². The van der Waals surface area contributed by atoms with Gasteiger partial charge in [0.2, 0.25) is 0 Å². The number of hydrogen-bond donors (Lipinski definition) is 1. The van der Waals surface area contributed by atoms with Crippen LogP contribution in [0.5, 0.6) is 5.75 Å². The Morgan fingerprint density at radius 1 is 1.07 bits per heavy atom. The van der Waals surface area contributed by atoms with E-state index in [2.05, 4.69) is 56.3 Å². The largest absolute Gasteiger partial charge is 0.489 e. The molecule has 0 aliphatic heterocycles. The quantitative estimate of drug-likeness (QED) is 0.539. The Hall–Kier alpha value is -1.41. The Balaban J connectivity index is 1.41. The summed E-state index contributed by atoms with van der Waals surface area (Å²) in [7, 11) is 0. The molecule has 2 heteroatoms. The summed E-state index contributed by atoms with van der Waals surface area (Å²) in [5.74, 6) is 3.59. The molecule has 0 heterocycles. The van der Waals surface area contributed by atoms with Gasteiger partial charge in [0.1, 0.15) is 12.4 Å². The third-order valence-corrected chi connectivity index (χ3v) is 9.32. The van der Waals surface area contributed by atoms with Crippen LogP contribution >= 0.6 is 12.6 Å². The van der Waals surface area contributed by atoms with Crippen LogP contribution in [0.1, 0.15) is 74.1 Å². The Morgan fingerprint density at radius 3 is 2.69 bits per heavy atom. The van der Waals surface area contributed by atoms with Crippen LogP contribution < -0.4 is 4.74 Å². The fourth-order valence-electron chi connectivity index (χ4n) is 6.76. The lowest BCUT2D eigenvalue weighted by atomic mass is 9.55. The highest BCUT2D eigenvalue weighted by Crippen LogP contribution is 2.62. The fraction of sp³-hybridized carbons (Fsp3) is 0.556. The van der Waals surface area contributed by atoms with E-state index in [1.54, 1.807) is 11.1 Å². The van der Waals surface area contributed by atoms with Crippen LogP contribution in [0.4, 0.5) is 0 Å². The van der Waals surface area contributed by atoms with E-state index in [0.717, 1.165) is 29.9 Å². The average Bonchev–Trinajstić information content (AvgIpc) is 3.06. The zero-order valence-corrected chi connectivity index (χ0v) is 18.8. The van der Waals surface area contributed by atoms with Crippen LogP contribution in [0.25, 0.3) is 0 Å². The third-order valence-electron chi connectivity index (χ3n) is 8.47. The van der Waals surface area contributed by atoms with Gasteiger partial charge < -0.3 is 4.74 Å². The summed E-state index contributed by atoms with van der Waals surface area (Å²) in [6.45, 7) is 5.45. The van der Waals surface area contributed by atoms with E-state index in [0.29, 0.717) is 17.3 Å². The van der Waals surface area contributed by atoms with Gasteiger partial charge >= 0.3 is 0 Å². The molecule has 2 fully saturated rings. The van der Waals surface area contributed by atoms with Gasteiger partial charge in [-0.15, -0.1) is 0 Å². The molecular formula is C27H34OS. The van der Waals surface area contributed by atoms with Crippen molar-refractivity contribution >= 4 is 12.6 Å². The van der Waals surface area contributed by atoms with Gasteiger partial charge in [0, 0.05) is 5.25 Å². The summed E-state index contributed by atoms with van der Waals surface area (Å²) in [5.41, 5.74) is 6.28. The van der Waals surface area contributed by atoms with Gasteiger partial charge in [0.15, 0.2) is 0 Å². The SMILES string of the molecule is CCc1cc2c(cc1OCc1ccccc1)CC[C@@H]1[C@@H]2CC[C@]2(C)[C@@H](S)CC[C@@H]12. The van der Waals surface area contributed by atoms with Gasteiger partial charge in [-0.3, -0.25) is 0 Å². The highest BCUT2D eigenvalue weighted by atomic mass is 32.1. The van der Waals surface area contributed by atoms with E-state index in [1.165, 1.54) is 49.7 Å². The standard InChI is InChI=1S/C27H34OS/c1-3-19-15-23-20(16-25(19)28-17-18-7-5-4-6-8-18)9-10-22-21(23)13-14-27(2)24(22)11-12-26(27)29/h4-8,15-16,21-22,24,26,29H,3,9-14,17H2,1-2H3/t21-,22+,24-,26-,27-/m0/s1. The second kappa shape index (κ2) is 7.69. The molecule has 2 saturated carbocycles. The van der Waals surface area contributed by atoms with Crippen LogP contribution in [0.15, 0.2) is 42.5 Å². The summed E-state index contributed by atoms with van der Waals surface area (Å²) in [6.07, 6.45) is 8.99. The molecule has 0 spiro atoms. The van der Waals surface area contributed by atoms with Crippen LogP contribution in [0.3, 0.4) is 0 Å². The molecule has 0 unspecified atom stereocenters. The number of ether oxygens (including phenoxy) is 1. The van der Waals surface area contributed by atoms with E-state index in [-0.39, 0.29) is 0 Å². The second-order valence-corrected chi connectivity index (χ2v) is 10.5. The molecular weight excluding hydrogens is 372 g/mol. The van der Waals surface area contributed by atoms with Crippen molar-refractivity contribution in [2.45, 2.75) is 76.6 Å². The lowest BCUT2D eigenvalue weighted by Crippen LogP contribution is -2.42. The van der Waals surface area contributed by atoms with Crippen molar-refractivity contribution in [2.24, 2.45) is 17.3 Å². The fourth-order valence-corrected chi connectivity index (χ4v) is 7.23. The number of benzene rings is 2. The first kappa shape index (κ1) is 19.5. The minimum absolute atomic E-state index is 0.466. The first-order chi connectivity index (χ1) is 14.1. The van der Waals surface area contributed by atoms with Crippen molar-refractivity contribution in [3.63, 3.8) is 0 Å². The van der Waals surface area contributed by atoms with Crippen molar-refractivity contribution in [1.29, 1.82) is 0 Å². The average molecular weight is 407 g/mol. The molecule has 1 nitrogen and oxygen atoms in total. The van der Waals surface area contributed by atoms with Crippen LogP contribution in [0.2, 0.25) is 0 Å². The molecule has 0 radical (unpaired) electrons. The van der Waals surface area contributed by atoms with Crippen LogP contribution in [0, 0.1) is 17.3 Å². The minimum atomic E-state index is 0.466. The Kier molecular flexibility index (Phi) is 5.18. The molecule has 154 valence electrons. The summed E-state index contributed by atoms with van der Waals surface area (Å²) < 4.78 is 6.31. The summed E-state index contributed by atoms with van der Waals surface area (Å²) >= 11 is 4.99. The molecule has 3 aliphatic carbocycles. The van der Waals surface area contributed by atoms with E-state index in [1.807, 2.05) is 0 Å². The van der Waals surface area contributed by atoms with Gasteiger partial charge in [-0.25, -0.2) is 0 Å². The first-order valence-corrected chi connectivity index (χ1v) is 12.1. The Bertz CT molecular complexity index is 876. The molecule has 0 aromatic heterocycles. The smallest absolute Gasteiger partial charge is 0.123 e. The highest BCUT2D eigenvalue weighted by molar-refractivity contribution is 7.81. The molecule has 0 bridgehead atoms. The normalized spacial score (nSPS) is 32.9. The summed E-state index contributed by atoms with van der Waals surface area (Å²) in [4.78, 5) is 0. The topological polar surface area (TPSA) is 9.23 Å². The van der Waals surface area contributed by atoms with E-state index in [4.69, 9.17) is 17.4 Å². The number of fused-ring (bicyclic) bond motifs is 5. The van der Waals surface area contributed by atoms with E-state index in [9.17, 15) is 0 Å². The van der Waals surface area contributed by atoms with E-state index >= 15 is 0 Å². The summed E-state index contributed by atoms with van der Waals surface area (Å²) in [6, 6.07) is 15.4. The zero-order valence-electron chi connectivity index (χ0n) is 17.9. The molecule has 3 aliphatic rings. The molecule has 0 N–H and O–H groups in total. The summed E-state index contributed by atoms with van der Waals surface area (Å²) in [5, 5.41) is 0.606. The van der Waals surface area contributed by atoms with Gasteiger partial charge in [0.25, 0.3) is 0 Å². The minimum Gasteiger partial charge on any atom is -0.489 e. The van der Waals surface area contributed by atoms with Crippen LogP contribution in [-0.2, 0) is 19.4 Å².